The van der Waals surface area contributed by atoms with Gasteiger partial charge in [0.15, 0.2) is 18.1 Å². The number of methoxy groups -OCH3 is 1. The fourth-order valence-electron chi connectivity index (χ4n) is 3.31. The molecule has 0 spiro atoms. The molecule has 0 bridgehead atoms. The van der Waals surface area contributed by atoms with Gasteiger partial charge in [-0.3, -0.25) is 9.59 Å². The molecule has 0 aliphatic heterocycles. The van der Waals surface area contributed by atoms with Crippen LogP contribution in [0.4, 0.5) is 11.4 Å². The first-order valence-corrected chi connectivity index (χ1v) is 11.4. The number of ether oxygens (including phenoxy) is 2. The number of carbonyl (C=O) groups excluding carboxylic acids is 2. The summed E-state index contributed by atoms with van der Waals surface area (Å²) in [5.74, 6) is -0.482. The van der Waals surface area contributed by atoms with E-state index in [0.29, 0.717) is 16.9 Å². The van der Waals surface area contributed by atoms with Gasteiger partial charge in [0.05, 0.1) is 12.1 Å². The van der Waals surface area contributed by atoms with E-state index < -0.39 is 5.91 Å². The molecule has 3 rings (SSSR count). The van der Waals surface area contributed by atoms with Crippen LogP contribution in [0.1, 0.15) is 22.3 Å². The summed E-state index contributed by atoms with van der Waals surface area (Å²) < 4.78 is 11.0. The lowest BCUT2D eigenvalue weighted by Crippen LogP contribution is -2.21. The van der Waals surface area contributed by atoms with Crippen LogP contribution < -0.4 is 20.1 Å². The minimum atomic E-state index is -0.556. The predicted molar refractivity (Wildman–Crippen MR) is 141 cm³/mol. The van der Waals surface area contributed by atoms with E-state index in [1.807, 2.05) is 57.2 Å². The van der Waals surface area contributed by atoms with E-state index >= 15 is 0 Å². The Bertz CT molecular complexity index is 1360. The van der Waals surface area contributed by atoms with Gasteiger partial charge >= 0.3 is 0 Å². The minimum Gasteiger partial charge on any atom is -0.493 e. The van der Waals surface area contributed by atoms with E-state index in [2.05, 4.69) is 10.6 Å². The molecule has 0 atom stereocenters. The van der Waals surface area contributed by atoms with Crippen molar-refractivity contribution in [1.29, 1.82) is 5.26 Å². The lowest BCUT2D eigenvalue weighted by atomic mass is 10.1. The number of hydrogen-bond acceptors (Lipinski definition) is 5. The van der Waals surface area contributed by atoms with Crippen LogP contribution in [0, 0.1) is 32.1 Å². The maximum atomic E-state index is 12.6. The number of anilines is 2. The molecular formula is C28H26ClN3O4. The maximum Gasteiger partial charge on any atom is 0.266 e. The van der Waals surface area contributed by atoms with Gasteiger partial charge in [-0.1, -0.05) is 41.4 Å². The van der Waals surface area contributed by atoms with Crippen LogP contribution in [0.2, 0.25) is 5.02 Å². The second-order valence-corrected chi connectivity index (χ2v) is 8.59. The molecule has 7 nitrogen and oxygen atoms in total. The number of carbonyl (C=O) groups is 2. The van der Waals surface area contributed by atoms with Crippen molar-refractivity contribution in [3.05, 3.63) is 87.4 Å². The van der Waals surface area contributed by atoms with E-state index in [-0.39, 0.29) is 34.6 Å². The highest BCUT2D eigenvalue weighted by Crippen LogP contribution is 2.37. The molecule has 0 aromatic heterocycles. The van der Waals surface area contributed by atoms with E-state index in [1.165, 1.54) is 19.3 Å². The third-order valence-corrected chi connectivity index (χ3v) is 5.53. The highest BCUT2D eigenvalue weighted by molar-refractivity contribution is 6.32. The zero-order valence-electron chi connectivity index (χ0n) is 20.4. The van der Waals surface area contributed by atoms with Crippen LogP contribution in [0.3, 0.4) is 0 Å². The first-order valence-electron chi connectivity index (χ1n) is 11.1. The zero-order chi connectivity index (χ0) is 26.2. The van der Waals surface area contributed by atoms with E-state index in [9.17, 15) is 14.9 Å². The third-order valence-electron chi connectivity index (χ3n) is 5.25. The van der Waals surface area contributed by atoms with Crippen LogP contribution in [-0.2, 0) is 9.59 Å². The predicted octanol–water partition coefficient (Wildman–Crippen LogP) is 5.84. The second kappa shape index (κ2) is 11.9. The summed E-state index contributed by atoms with van der Waals surface area (Å²) in [5, 5.41) is 15.2. The summed E-state index contributed by atoms with van der Waals surface area (Å²) in [6, 6.07) is 18.0. The molecule has 0 saturated carbocycles. The van der Waals surface area contributed by atoms with Gasteiger partial charge in [0, 0.05) is 11.4 Å². The fraction of sp³-hybridized carbons (Fsp3) is 0.179. The molecule has 2 amide bonds. The van der Waals surface area contributed by atoms with Crippen molar-refractivity contribution in [2.75, 3.05) is 24.4 Å². The highest BCUT2D eigenvalue weighted by atomic mass is 35.5. The monoisotopic (exact) mass is 503 g/mol. The molecule has 3 aromatic carbocycles. The van der Waals surface area contributed by atoms with Crippen LogP contribution in [0.15, 0.2) is 60.2 Å². The SMILES string of the molecule is COc1cc(/C=C(/C#N)C(=O)Nc2ccc(C)cc2)cc(Cl)c1OCC(=O)Nc1cc(C)ccc1C. The summed E-state index contributed by atoms with van der Waals surface area (Å²) in [4.78, 5) is 25.0. The number of rotatable bonds is 8. The average Bonchev–Trinajstić information content (AvgIpc) is 2.85. The molecule has 0 heterocycles. The molecule has 0 aliphatic carbocycles. The van der Waals surface area contributed by atoms with Crippen molar-refractivity contribution in [3.8, 4) is 17.6 Å². The van der Waals surface area contributed by atoms with E-state index in [0.717, 1.165) is 16.7 Å². The Morgan fingerprint density at radius 2 is 1.69 bits per heavy atom. The van der Waals surface area contributed by atoms with E-state index in [4.69, 9.17) is 21.1 Å². The quantitative estimate of drug-likeness (QED) is 0.297. The van der Waals surface area contributed by atoms with E-state index in [1.54, 1.807) is 18.2 Å². The van der Waals surface area contributed by atoms with Gasteiger partial charge in [-0.2, -0.15) is 5.26 Å². The van der Waals surface area contributed by atoms with Gasteiger partial charge in [-0.05, 0) is 73.9 Å². The Morgan fingerprint density at radius 1 is 1.00 bits per heavy atom. The van der Waals surface area contributed by atoms with Crippen molar-refractivity contribution < 1.29 is 19.1 Å². The summed E-state index contributed by atoms with van der Waals surface area (Å²) in [5.41, 5.74) is 4.63. The standard InChI is InChI=1S/C28H26ClN3O4/c1-17-6-9-22(10-7-17)31-28(34)21(15-30)12-20-13-23(29)27(25(14-20)35-4)36-16-26(33)32-24-11-18(2)5-8-19(24)3/h5-14H,16H2,1-4H3,(H,31,34)(H,32,33)/b21-12-. The highest BCUT2D eigenvalue weighted by Gasteiger charge is 2.16. The fourth-order valence-corrected chi connectivity index (χ4v) is 3.58. The van der Waals surface area contributed by atoms with Gasteiger partial charge in [-0.15, -0.1) is 0 Å². The Kier molecular flexibility index (Phi) is 8.71. The number of halogens is 1. The topological polar surface area (TPSA) is 100 Å². The molecule has 2 N–H and O–H groups in total. The Labute approximate surface area is 215 Å². The maximum absolute atomic E-state index is 12.6. The van der Waals surface area contributed by atoms with Crippen LogP contribution in [0.25, 0.3) is 6.08 Å². The number of nitrogens with zero attached hydrogens (tertiary/aromatic N) is 1. The first-order chi connectivity index (χ1) is 17.2. The summed E-state index contributed by atoms with van der Waals surface area (Å²) in [6.07, 6.45) is 1.40. The van der Waals surface area contributed by atoms with Gasteiger partial charge < -0.3 is 20.1 Å². The molecule has 0 unspecified atom stereocenters. The van der Waals surface area contributed by atoms with Crippen LogP contribution >= 0.6 is 11.6 Å². The minimum absolute atomic E-state index is 0.115. The normalized spacial score (nSPS) is 10.8. The van der Waals surface area contributed by atoms with Crippen molar-refractivity contribution >= 4 is 40.9 Å². The Balaban J connectivity index is 1.74. The van der Waals surface area contributed by atoms with Crippen molar-refractivity contribution in [3.63, 3.8) is 0 Å². The number of aryl methyl sites for hydroxylation is 3. The number of amides is 2. The van der Waals surface area contributed by atoms with Gasteiger partial charge in [0.1, 0.15) is 11.6 Å². The lowest BCUT2D eigenvalue weighted by Gasteiger charge is -2.14. The van der Waals surface area contributed by atoms with Gasteiger partial charge in [0.25, 0.3) is 11.8 Å². The summed E-state index contributed by atoms with van der Waals surface area (Å²) in [7, 11) is 1.43. The molecule has 3 aromatic rings. The third kappa shape index (κ3) is 6.87. The van der Waals surface area contributed by atoms with Crippen molar-refractivity contribution in [2.24, 2.45) is 0 Å². The summed E-state index contributed by atoms with van der Waals surface area (Å²) >= 11 is 6.40. The van der Waals surface area contributed by atoms with Crippen LogP contribution in [-0.4, -0.2) is 25.5 Å². The Morgan fingerprint density at radius 3 is 2.36 bits per heavy atom. The number of hydrogen-bond donors (Lipinski definition) is 2. The largest absolute Gasteiger partial charge is 0.493 e. The molecule has 0 radical (unpaired) electrons. The molecular weight excluding hydrogens is 478 g/mol. The van der Waals surface area contributed by atoms with Gasteiger partial charge in [-0.25, -0.2) is 0 Å². The molecule has 8 heteroatoms. The van der Waals surface area contributed by atoms with Crippen molar-refractivity contribution in [1.82, 2.24) is 0 Å². The molecule has 0 aliphatic rings. The molecule has 0 saturated heterocycles. The number of nitriles is 1. The second-order valence-electron chi connectivity index (χ2n) is 8.18. The van der Waals surface area contributed by atoms with Crippen LogP contribution in [0.5, 0.6) is 11.5 Å². The first kappa shape index (κ1) is 26.3. The lowest BCUT2D eigenvalue weighted by molar-refractivity contribution is -0.118. The smallest absolute Gasteiger partial charge is 0.266 e. The summed E-state index contributed by atoms with van der Waals surface area (Å²) in [6.45, 7) is 5.49. The van der Waals surface area contributed by atoms with Gasteiger partial charge in [0.2, 0.25) is 0 Å². The molecule has 36 heavy (non-hydrogen) atoms. The Hall–Kier alpha value is -4.28. The van der Waals surface area contributed by atoms with Crippen molar-refractivity contribution in [2.45, 2.75) is 20.8 Å². The number of nitrogens with one attached hydrogen (secondary N) is 2. The average molecular weight is 504 g/mol. The molecule has 0 fully saturated rings. The molecule has 184 valence electrons. The zero-order valence-corrected chi connectivity index (χ0v) is 21.2. The number of benzene rings is 3.